The van der Waals surface area contributed by atoms with Gasteiger partial charge in [-0.05, 0) is 48.7 Å². The zero-order valence-electron chi connectivity index (χ0n) is 15.5. The van der Waals surface area contributed by atoms with Crippen LogP contribution in [0.4, 0.5) is 14.9 Å². The minimum absolute atomic E-state index is 0. The Labute approximate surface area is 173 Å². The molecule has 0 aliphatic carbocycles. The molecule has 0 radical (unpaired) electrons. The van der Waals surface area contributed by atoms with Crippen molar-refractivity contribution in [1.29, 1.82) is 0 Å². The lowest BCUT2D eigenvalue weighted by atomic mass is 10.1. The predicted octanol–water partition coefficient (Wildman–Crippen LogP) is 4.38. The third kappa shape index (κ3) is 4.05. The molecule has 3 heterocycles. The van der Waals surface area contributed by atoms with E-state index < -0.39 is 0 Å². The molecule has 1 saturated heterocycles. The number of amides is 2. The second-order valence-electron chi connectivity index (χ2n) is 6.48. The number of hydrogen-bond donors (Lipinski definition) is 1. The van der Waals surface area contributed by atoms with Crippen molar-refractivity contribution in [1.82, 2.24) is 15.2 Å². The van der Waals surface area contributed by atoms with Crippen LogP contribution in [0.5, 0.6) is 0 Å². The van der Waals surface area contributed by atoms with Gasteiger partial charge in [-0.3, -0.25) is 0 Å². The average molecular weight is 421 g/mol. The molecule has 3 aromatic rings. The summed E-state index contributed by atoms with van der Waals surface area (Å²) >= 11 is 1.67. The van der Waals surface area contributed by atoms with Gasteiger partial charge in [0.25, 0.3) is 0 Å². The van der Waals surface area contributed by atoms with E-state index in [1.54, 1.807) is 23.5 Å². The minimum Gasteiger partial charge on any atom is -0.367 e. The monoisotopic (exact) mass is 420 g/mol. The maximum atomic E-state index is 13.3. The molecule has 5 nitrogen and oxygen atoms in total. The molecule has 1 fully saturated rings. The van der Waals surface area contributed by atoms with Crippen LogP contribution in [0.2, 0.25) is 0 Å². The van der Waals surface area contributed by atoms with Crippen LogP contribution in [0.25, 0.3) is 21.5 Å². The average Bonchev–Trinajstić information content (AvgIpc) is 3.17. The number of aromatic nitrogens is 1. The summed E-state index contributed by atoms with van der Waals surface area (Å²) in [6.45, 7) is 5.49. The van der Waals surface area contributed by atoms with Gasteiger partial charge in [-0.25, -0.2) is 14.2 Å². The van der Waals surface area contributed by atoms with Gasteiger partial charge in [-0.1, -0.05) is 0 Å². The standard InChI is InChI=1S/C20H21FN4OS.ClH/c1-2-22-20(26)25-10-8-24(9-11-25)18-13-17(14-3-5-15(21)6-4-14)23-16-7-12-27-19(16)18;/h3-7,12-13H,2,8-11H2,1H3,(H,22,26);1H. The Hall–Kier alpha value is -2.38. The van der Waals surface area contributed by atoms with Crippen molar-refractivity contribution in [3.05, 3.63) is 47.6 Å². The van der Waals surface area contributed by atoms with Gasteiger partial charge in [-0.2, -0.15) is 0 Å². The molecular formula is C20H22ClFN4OS. The fraction of sp³-hybridized carbons (Fsp3) is 0.300. The van der Waals surface area contributed by atoms with E-state index in [1.807, 2.05) is 23.3 Å². The molecule has 1 aliphatic heterocycles. The fourth-order valence-electron chi connectivity index (χ4n) is 3.36. The van der Waals surface area contributed by atoms with E-state index in [9.17, 15) is 9.18 Å². The molecule has 0 atom stereocenters. The number of nitrogens with one attached hydrogen (secondary N) is 1. The van der Waals surface area contributed by atoms with Gasteiger partial charge in [0.05, 0.1) is 21.6 Å². The molecule has 4 rings (SSSR count). The van der Waals surface area contributed by atoms with Crippen molar-refractivity contribution >= 4 is 45.7 Å². The number of halogens is 2. The molecule has 1 N–H and O–H groups in total. The molecule has 8 heteroatoms. The van der Waals surface area contributed by atoms with Gasteiger partial charge in [0.2, 0.25) is 0 Å². The quantitative estimate of drug-likeness (QED) is 0.684. The third-order valence-electron chi connectivity index (χ3n) is 4.77. The highest BCUT2D eigenvalue weighted by atomic mass is 35.5. The fourth-order valence-corrected chi connectivity index (χ4v) is 4.23. The number of carbonyl (C=O) groups excluding carboxylic acids is 1. The van der Waals surface area contributed by atoms with E-state index in [0.29, 0.717) is 19.6 Å². The zero-order chi connectivity index (χ0) is 18.8. The third-order valence-corrected chi connectivity index (χ3v) is 5.69. The molecule has 2 amide bonds. The van der Waals surface area contributed by atoms with E-state index in [2.05, 4.69) is 16.3 Å². The van der Waals surface area contributed by atoms with Crippen molar-refractivity contribution < 1.29 is 9.18 Å². The number of fused-ring (bicyclic) bond motifs is 1. The van der Waals surface area contributed by atoms with Crippen molar-refractivity contribution in [2.24, 2.45) is 0 Å². The zero-order valence-corrected chi connectivity index (χ0v) is 17.2. The maximum Gasteiger partial charge on any atom is 0.317 e. The van der Waals surface area contributed by atoms with E-state index in [0.717, 1.165) is 40.3 Å². The second-order valence-corrected chi connectivity index (χ2v) is 7.39. The Morgan fingerprint density at radius 3 is 2.57 bits per heavy atom. The number of carbonyl (C=O) groups is 1. The first-order chi connectivity index (χ1) is 13.2. The highest BCUT2D eigenvalue weighted by molar-refractivity contribution is 7.17. The highest BCUT2D eigenvalue weighted by Gasteiger charge is 2.23. The molecule has 1 aromatic carbocycles. The first-order valence-electron chi connectivity index (χ1n) is 9.07. The van der Waals surface area contributed by atoms with Crippen molar-refractivity contribution in [3.8, 4) is 11.3 Å². The van der Waals surface area contributed by atoms with Crippen LogP contribution in [0.3, 0.4) is 0 Å². The summed E-state index contributed by atoms with van der Waals surface area (Å²) in [6, 6.07) is 10.5. The van der Waals surface area contributed by atoms with Crippen LogP contribution in [-0.2, 0) is 0 Å². The number of piperazine rings is 1. The Kier molecular flexibility index (Phi) is 6.36. The number of benzene rings is 1. The molecule has 0 bridgehead atoms. The largest absolute Gasteiger partial charge is 0.367 e. The highest BCUT2D eigenvalue weighted by Crippen LogP contribution is 2.34. The number of urea groups is 1. The molecule has 148 valence electrons. The van der Waals surface area contributed by atoms with Crippen LogP contribution in [0, 0.1) is 5.82 Å². The first-order valence-corrected chi connectivity index (χ1v) is 9.95. The summed E-state index contributed by atoms with van der Waals surface area (Å²) in [5, 5.41) is 4.90. The molecule has 1 aliphatic rings. The Morgan fingerprint density at radius 2 is 1.89 bits per heavy atom. The Morgan fingerprint density at radius 1 is 1.18 bits per heavy atom. The van der Waals surface area contributed by atoms with Gasteiger partial charge in [0, 0.05) is 38.3 Å². The number of anilines is 1. The van der Waals surface area contributed by atoms with Crippen molar-refractivity contribution in [2.45, 2.75) is 6.92 Å². The Balaban J connectivity index is 0.00000225. The molecule has 0 spiro atoms. The predicted molar refractivity (Wildman–Crippen MR) is 115 cm³/mol. The lowest BCUT2D eigenvalue weighted by Crippen LogP contribution is -2.51. The van der Waals surface area contributed by atoms with E-state index in [-0.39, 0.29) is 24.3 Å². The topological polar surface area (TPSA) is 48.5 Å². The van der Waals surface area contributed by atoms with E-state index in [4.69, 9.17) is 4.98 Å². The number of thiophene rings is 1. The van der Waals surface area contributed by atoms with E-state index >= 15 is 0 Å². The molecule has 28 heavy (non-hydrogen) atoms. The van der Waals surface area contributed by atoms with Crippen LogP contribution in [0.1, 0.15) is 6.92 Å². The summed E-state index contributed by atoms with van der Waals surface area (Å²) in [7, 11) is 0. The smallest absolute Gasteiger partial charge is 0.317 e. The van der Waals surface area contributed by atoms with Crippen LogP contribution in [-0.4, -0.2) is 48.6 Å². The van der Waals surface area contributed by atoms with Crippen molar-refractivity contribution in [2.75, 3.05) is 37.6 Å². The van der Waals surface area contributed by atoms with Crippen LogP contribution in [0.15, 0.2) is 41.8 Å². The summed E-state index contributed by atoms with van der Waals surface area (Å²) in [5.41, 5.74) is 3.81. The maximum absolute atomic E-state index is 13.3. The normalized spacial score (nSPS) is 14.1. The van der Waals surface area contributed by atoms with Crippen molar-refractivity contribution in [3.63, 3.8) is 0 Å². The lowest BCUT2D eigenvalue weighted by molar-refractivity contribution is 0.195. The summed E-state index contributed by atoms with van der Waals surface area (Å²) in [6.07, 6.45) is 0. The SMILES string of the molecule is CCNC(=O)N1CCN(c2cc(-c3ccc(F)cc3)nc3ccsc23)CC1.Cl. The molecule has 2 aromatic heterocycles. The minimum atomic E-state index is -0.253. The Bertz CT molecular complexity index is 954. The van der Waals surface area contributed by atoms with Gasteiger partial charge >= 0.3 is 6.03 Å². The van der Waals surface area contributed by atoms with Gasteiger partial charge in [0.15, 0.2) is 0 Å². The van der Waals surface area contributed by atoms with Gasteiger partial charge in [0.1, 0.15) is 5.82 Å². The number of pyridine rings is 1. The first kappa shape index (κ1) is 20.4. The molecule has 0 saturated carbocycles. The summed E-state index contributed by atoms with van der Waals surface area (Å²) < 4.78 is 14.4. The number of hydrogen-bond acceptors (Lipinski definition) is 4. The van der Waals surface area contributed by atoms with Gasteiger partial charge < -0.3 is 15.1 Å². The second kappa shape index (κ2) is 8.75. The van der Waals surface area contributed by atoms with Crippen LogP contribution < -0.4 is 10.2 Å². The summed E-state index contributed by atoms with van der Waals surface area (Å²) in [5.74, 6) is -0.253. The number of rotatable bonds is 3. The molecule has 0 unspecified atom stereocenters. The number of nitrogens with zero attached hydrogens (tertiary/aromatic N) is 3. The summed E-state index contributed by atoms with van der Waals surface area (Å²) in [4.78, 5) is 20.9. The molecular weight excluding hydrogens is 399 g/mol. The van der Waals surface area contributed by atoms with Crippen LogP contribution >= 0.6 is 23.7 Å². The lowest BCUT2D eigenvalue weighted by Gasteiger charge is -2.36. The van der Waals surface area contributed by atoms with Gasteiger partial charge in [-0.15, -0.1) is 23.7 Å². The van der Waals surface area contributed by atoms with E-state index in [1.165, 1.54) is 12.1 Å².